The molecule has 2 amide bonds. The van der Waals surface area contributed by atoms with E-state index in [2.05, 4.69) is 31.0 Å². The average Bonchev–Trinajstić information content (AvgIpc) is 3.77. The van der Waals surface area contributed by atoms with Gasteiger partial charge in [-0.05, 0) is 61.2 Å². The Hall–Kier alpha value is -4.57. The van der Waals surface area contributed by atoms with Crippen LogP contribution in [0.4, 0.5) is 14.6 Å². The largest absolute Gasteiger partial charge is 0.586 e. The van der Waals surface area contributed by atoms with Gasteiger partial charge in [-0.2, -0.15) is 0 Å². The number of carbonyl (C=O) groups is 2. The molecule has 1 aliphatic heterocycles. The summed E-state index contributed by atoms with van der Waals surface area (Å²) in [7, 11) is 0. The number of aryl methyl sites for hydroxylation is 1. The van der Waals surface area contributed by atoms with Crippen LogP contribution in [0.2, 0.25) is 0 Å². The molecule has 3 aromatic rings. The number of pyridine rings is 1. The van der Waals surface area contributed by atoms with Crippen LogP contribution < -0.4 is 20.1 Å². The fourth-order valence-electron chi connectivity index (χ4n) is 4.86. The Balaban J connectivity index is 1.15. The second-order valence-corrected chi connectivity index (χ2v) is 10.5. The van der Waals surface area contributed by atoms with Gasteiger partial charge in [0.05, 0.1) is 44.1 Å². The molecule has 1 fully saturated rings. The highest BCUT2D eigenvalue weighted by Crippen LogP contribution is 2.52. The number of terminal acetylenes is 1. The molecule has 12 heteroatoms. The second kappa shape index (κ2) is 14.0. The minimum atomic E-state index is -3.73. The van der Waals surface area contributed by atoms with Gasteiger partial charge in [0.15, 0.2) is 11.5 Å². The molecule has 2 aromatic carbocycles. The van der Waals surface area contributed by atoms with Crippen molar-refractivity contribution < 1.29 is 42.1 Å². The number of nitrogens with one attached hydrogen (secondary N) is 2. The summed E-state index contributed by atoms with van der Waals surface area (Å²) in [5, 5.41) is 5.71. The third-order valence-electron chi connectivity index (χ3n) is 7.34. The lowest BCUT2D eigenvalue weighted by atomic mass is 9.94. The molecule has 0 unspecified atom stereocenters. The predicted octanol–water partition coefficient (Wildman–Crippen LogP) is 4.46. The van der Waals surface area contributed by atoms with E-state index in [9.17, 15) is 18.4 Å². The molecule has 0 spiro atoms. The highest BCUT2D eigenvalue weighted by atomic mass is 19.3. The molecule has 1 saturated carbocycles. The van der Waals surface area contributed by atoms with E-state index in [1.165, 1.54) is 12.1 Å². The standard InChI is InChI=1S/C33H33F2N3O7/c1-3-14-41-16-18-43-19-17-42-15-13-36-30(39)24-6-4-5-23(20-24)29-22(2)7-10-28(37-29)38-31(40)32(11-12-32)25-8-9-26-27(21-25)45-33(34,35)44-26/h1,4-10,20-21H,11-19H2,2H3,(H,36,39)(H,37,38,40). The molecule has 1 aromatic heterocycles. The zero-order chi connectivity index (χ0) is 31.9. The van der Waals surface area contributed by atoms with Gasteiger partial charge in [-0.3, -0.25) is 9.59 Å². The van der Waals surface area contributed by atoms with E-state index < -0.39 is 11.7 Å². The van der Waals surface area contributed by atoms with Gasteiger partial charge in [-0.1, -0.05) is 30.2 Å². The first-order valence-electron chi connectivity index (χ1n) is 14.5. The number of halogens is 2. The molecule has 0 bridgehead atoms. The molecule has 2 heterocycles. The van der Waals surface area contributed by atoms with E-state index in [4.69, 9.17) is 20.6 Å². The average molecular weight is 622 g/mol. The van der Waals surface area contributed by atoms with Gasteiger partial charge in [0, 0.05) is 17.7 Å². The van der Waals surface area contributed by atoms with Crippen molar-refractivity contribution >= 4 is 17.6 Å². The number of rotatable bonds is 15. The Morgan fingerprint density at radius 1 is 0.956 bits per heavy atom. The van der Waals surface area contributed by atoms with Crippen LogP contribution >= 0.6 is 0 Å². The first kappa shape index (κ1) is 31.8. The Morgan fingerprint density at radius 3 is 2.44 bits per heavy atom. The van der Waals surface area contributed by atoms with Crippen LogP contribution in [0.1, 0.15) is 34.3 Å². The number of fused-ring (bicyclic) bond motifs is 1. The first-order valence-corrected chi connectivity index (χ1v) is 14.5. The molecule has 236 valence electrons. The molecule has 45 heavy (non-hydrogen) atoms. The predicted molar refractivity (Wildman–Crippen MR) is 160 cm³/mol. The zero-order valence-electron chi connectivity index (χ0n) is 24.7. The van der Waals surface area contributed by atoms with Gasteiger partial charge < -0.3 is 34.3 Å². The number of amides is 2. The van der Waals surface area contributed by atoms with Crippen LogP contribution in [0, 0.1) is 19.3 Å². The second-order valence-electron chi connectivity index (χ2n) is 10.5. The topological polar surface area (TPSA) is 117 Å². The number of carbonyl (C=O) groups excluding carboxylic acids is 2. The Bertz CT molecular complexity index is 1590. The molecule has 10 nitrogen and oxygen atoms in total. The van der Waals surface area contributed by atoms with Gasteiger partial charge in [0.2, 0.25) is 5.91 Å². The van der Waals surface area contributed by atoms with Crippen molar-refractivity contribution in [3.05, 3.63) is 71.3 Å². The Morgan fingerprint density at radius 2 is 1.69 bits per heavy atom. The van der Waals surface area contributed by atoms with Crippen molar-refractivity contribution in [3.63, 3.8) is 0 Å². The van der Waals surface area contributed by atoms with Crippen molar-refractivity contribution in [3.8, 4) is 35.1 Å². The Labute approximate surface area is 259 Å². The monoisotopic (exact) mass is 621 g/mol. The van der Waals surface area contributed by atoms with E-state index >= 15 is 0 Å². The molecular weight excluding hydrogens is 588 g/mol. The number of alkyl halides is 2. The summed E-state index contributed by atoms with van der Waals surface area (Å²) in [6.45, 7) is 4.42. The third-order valence-corrected chi connectivity index (χ3v) is 7.34. The van der Waals surface area contributed by atoms with Crippen molar-refractivity contribution in [2.45, 2.75) is 31.5 Å². The number of hydrogen-bond donors (Lipinski definition) is 2. The normalized spacial score (nSPS) is 15.2. The molecule has 5 rings (SSSR count). The lowest BCUT2D eigenvalue weighted by Crippen LogP contribution is -2.28. The van der Waals surface area contributed by atoms with E-state index in [0.717, 1.165) is 5.56 Å². The summed E-state index contributed by atoms with van der Waals surface area (Å²) in [6.07, 6.45) is 2.46. The maximum Gasteiger partial charge on any atom is 0.586 e. The maximum atomic E-state index is 13.5. The van der Waals surface area contributed by atoms with Gasteiger partial charge >= 0.3 is 6.29 Å². The van der Waals surface area contributed by atoms with Crippen LogP contribution in [0.15, 0.2) is 54.6 Å². The van der Waals surface area contributed by atoms with Crippen LogP contribution in [0.3, 0.4) is 0 Å². The fraction of sp³-hybridized carbons (Fsp3) is 0.364. The van der Waals surface area contributed by atoms with E-state index in [1.54, 1.807) is 30.3 Å². The number of aromatic nitrogens is 1. The van der Waals surface area contributed by atoms with Crippen molar-refractivity contribution in [1.82, 2.24) is 10.3 Å². The molecule has 1 aliphatic carbocycles. The quantitative estimate of drug-likeness (QED) is 0.189. The zero-order valence-corrected chi connectivity index (χ0v) is 24.7. The summed E-state index contributed by atoms with van der Waals surface area (Å²) >= 11 is 0. The van der Waals surface area contributed by atoms with Crippen LogP contribution in [0.5, 0.6) is 11.5 Å². The number of ether oxygens (including phenoxy) is 5. The maximum absolute atomic E-state index is 13.5. The van der Waals surface area contributed by atoms with Crippen molar-refractivity contribution in [2.75, 3.05) is 51.5 Å². The van der Waals surface area contributed by atoms with E-state index in [-0.39, 0.29) is 29.9 Å². The molecule has 0 atom stereocenters. The molecule has 0 saturated heterocycles. The lowest BCUT2D eigenvalue weighted by Gasteiger charge is -2.17. The number of hydrogen-bond acceptors (Lipinski definition) is 8. The van der Waals surface area contributed by atoms with Gasteiger partial charge in [0.25, 0.3) is 5.91 Å². The lowest BCUT2D eigenvalue weighted by molar-refractivity contribution is -0.286. The van der Waals surface area contributed by atoms with Crippen molar-refractivity contribution in [2.24, 2.45) is 0 Å². The summed E-state index contributed by atoms with van der Waals surface area (Å²) in [5.41, 5.74) is 2.28. The SMILES string of the molecule is C#CCOCCOCCOCCNC(=O)c1cccc(-c2nc(NC(=O)C3(c4ccc5c(c4)OC(F)(F)O5)CC3)ccc2C)c1. The Kier molecular flexibility index (Phi) is 9.93. The highest BCUT2D eigenvalue weighted by Gasteiger charge is 2.53. The summed E-state index contributed by atoms with van der Waals surface area (Å²) < 4.78 is 52.0. The minimum Gasteiger partial charge on any atom is -0.395 e. The fourth-order valence-corrected chi connectivity index (χ4v) is 4.86. The molecular formula is C33H33F2N3O7. The summed E-state index contributed by atoms with van der Waals surface area (Å²) in [6, 6.07) is 15.0. The van der Waals surface area contributed by atoms with Gasteiger partial charge in [-0.15, -0.1) is 15.2 Å². The molecule has 2 aliphatic rings. The number of benzene rings is 2. The van der Waals surface area contributed by atoms with Crippen LogP contribution in [-0.4, -0.2) is 69.3 Å². The third kappa shape index (κ3) is 7.94. The van der Waals surface area contributed by atoms with E-state index in [1.807, 2.05) is 19.1 Å². The molecule has 0 radical (unpaired) electrons. The number of nitrogens with zero attached hydrogens (tertiary/aromatic N) is 1. The van der Waals surface area contributed by atoms with Crippen LogP contribution in [0.25, 0.3) is 11.3 Å². The first-order chi connectivity index (χ1) is 21.7. The summed E-state index contributed by atoms with van der Waals surface area (Å²) in [4.78, 5) is 30.9. The highest BCUT2D eigenvalue weighted by molar-refractivity contribution is 6.01. The van der Waals surface area contributed by atoms with E-state index in [0.29, 0.717) is 80.6 Å². The van der Waals surface area contributed by atoms with Crippen molar-refractivity contribution in [1.29, 1.82) is 0 Å². The van der Waals surface area contributed by atoms with Gasteiger partial charge in [-0.25, -0.2) is 4.98 Å². The van der Waals surface area contributed by atoms with Gasteiger partial charge in [0.1, 0.15) is 12.4 Å². The minimum absolute atomic E-state index is 0.0744. The number of anilines is 1. The smallest absolute Gasteiger partial charge is 0.395 e. The summed E-state index contributed by atoms with van der Waals surface area (Å²) in [5.74, 6) is 1.97. The van der Waals surface area contributed by atoms with Crippen LogP contribution in [-0.2, 0) is 24.4 Å². The molecule has 2 N–H and O–H groups in total.